The van der Waals surface area contributed by atoms with Crippen molar-refractivity contribution in [3.63, 3.8) is 0 Å². The highest BCUT2D eigenvalue weighted by Crippen LogP contribution is 2.54. The Morgan fingerprint density at radius 3 is 2.67 bits per heavy atom. The molecule has 1 aromatic carbocycles. The van der Waals surface area contributed by atoms with Crippen molar-refractivity contribution in [2.75, 3.05) is 13.1 Å². The molecule has 4 aliphatic rings. The molecule has 1 aromatic rings. The average Bonchev–Trinajstić information content (AvgIpc) is 3.28. The predicted octanol–water partition coefficient (Wildman–Crippen LogP) is 4.08. The Morgan fingerprint density at radius 1 is 1.15 bits per heavy atom. The van der Waals surface area contributed by atoms with Crippen LogP contribution in [0.25, 0.3) is 0 Å². The summed E-state index contributed by atoms with van der Waals surface area (Å²) >= 11 is 0. The van der Waals surface area contributed by atoms with Crippen LogP contribution in [0, 0.1) is 0 Å². The zero-order chi connectivity index (χ0) is 23.0. The second-order valence-corrected chi connectivity index (χ2v) is 10.5. The van der Waals surface area contributed by atoms with E-state index in [1.165, 1.54) is 5.56 Å². The Morgan fingerprint density at radius 2 is 1.94 bits per heavy atom. The highest BCUT2D eigenvalue weighted by atomic mass is 19.3. The first-order valence-electron chi connectivity index (χ1n) is 12.7. The van der Waals surface area contributed by atoms with Gasteiger partial charge in [0.15, 0.2) is 0 Å². The first kappa shape index (κ1) is 22.8. The summed E-state index contributed by atoms with van der Waals surface area (Å²) in [6.45, 7) is 1.03. The van der Waals surface area contributed by atoms with E-state index in [9.17, 15) is 18.4 Å². The van der Waals surface area contributed by atoms with Gasteiger partial charge in [-0.3, -0.25) is 9.59 Å². The molecule has 0 bridgehead atoms. The van der Waals surface area contributed by atoms with Crippen molar-refractivity contribution < 1.29 is 18.4 Å². The number of halogens is 2. The molecule has 7 heteroatoms. The van der Waals surface area contributed by atoms with Crippen LogP contribution in [0.2, 0.25) is 0 Å². The van der Waals surface area contributed by atoms with Gasteiger partial charge in [-0.2, -0.15) is 0 Å². The van der Waals surface area contributed by atoms with E-state index >= 15 is 0 Å². The molecule has 5 rings (SSSR count). The van der Waals surface area contributed by atoms with Gasteiger partial charge in [-0.15, -0.1) is 0 Å². The van der Waals surface area contributed by atoms with Crippen molar-refractivity contribution in [2.45, 2.75) is 100 Å². The van der Waals surface area contributed by atoms with Crippen LogP contribution in [0.4, 0.5) is 8.78 Å². The summed E-state index contributed by atoms with van der Waals surface area (Å²) in [5.41, 5.74) is 1.28. The zero-order valence-corrected chi connectivity index (χ0v) is 19.2. The Kier molecular flexibility index (Phi) is 6.43. The molecule has 3 saturated heterocycles. The molecule has 1 spiro atoms. The maximum atomic E-state index is 13.8. The molecule has 0 unspecified atom stereocenters. The molecule has 4 atom stereocenters. The van der Waals surface area contributed by atoms with E-state index in [1.54, 1.807) is 0 Å². The molecule has 1 saturated carbocycles. The lowest BCUT2D eigenvalue weighted by atomic mass is 9.96. The fourth-order valence-corrected chi connectivity index (χ4v) is 6.51. The number of amides is 2. The van der Waals surface area contributed by atoms with Crippen LogP contribution in [0.15, 0.2) is 30.3 Å². The van der Waals surface area contributed by atoms with E-state index in [2.05, 4.69) is 34.5 Å². The van der Waals surface area contributed by atoms with E-state index in [4.69, 9.17) is 0 Å². The van der Waals surface area contributed by atoms with Gasteiger partial charge in [0.25, 0.3) is 0 Å². The zero-order valence-electron chi connectivity index (χ0n) is 19.2. The fraction of sp³-hybridized carbons (Fsp3) is 0.692. The third kappa shape index (κ3) is 4.66. The van der Waals surface area contributed by atoms with Crippen LogP contribution in [0.1, 0.15) is 75.7 Å². The summed E-state index contributed by atoms with van der Waals surface area (Å²) in [5, 5.41) is 3.28. The van der Waals surface area contributed by atoms with Gasteiger partial charge in [0, 0.05) is 49.5 Å². The fourth-order valence-electron chi connectivity index (χ4n) is 6.51. The van der Waals surface area contributed by atoms with Crippen molar-refractivity contribution >= 4 is 11.8 Å². The molecule has 5 nitrogen and oxygen atoms in total. The van der Waals surface area contributed by atoms with Gasteiger partial charge in [-0.25, -0.2) is 8.78 Å². The van der Waals surface area contributed by atoms with Gasteiger partial charge < -0.3 is 15.1 Å². The van der Waals surface area contributed by atoms with E-state index in [-0.39, 0.29) is 41.9 Å². The Hall–Kier alpha value is -2.02. The number of likely N-dealkylation sites (tertiary alicyclic amines) is 1. The first-order chi connectivity index (χ1) is 16.0. The number of hydrogen-bond donors (Lipinski definition) is 1. The van der Waals surface area contributed by atoms with Crippen LogP contribution in [-0.4, -0.2) is 64.8 Å². The first-order valence-corrected chi connectivity index (χ1v) is 12.7. The number of benzene rings is 1. The molecular weight excluding hydrogens is 424 g/mol. The summed E-state index contributed by atoms with van der Waals surface area (Å²) < 4.78 is 25.1. The number of fused-ring (bicyclic) bond motifs is 1. The number of carbonyl (C=O) groups is 2. The molecule has 1 aliphatic carbocycles. The Bertz CT molecular complexity index is 860. The van der Waals surface area contributed by atoms with Gasteiger partial charge in [0.1, 0.15) is 6.04 Å². The van der Waals surface area contributed by atoms with E-state index < -0.39 is 6.43 Å². The molecule has 4 fully saturated rings. The lowest BCUT2D eigenvalue weighted by Gasteiger charge is -2.37. The number of alkyl halides is 2. The van der Waals surface area contributed by atoms with Crippen LogP contribution in [-0.2, 0) is 9.59 Å². The molecule has 180 valence electrons. The second kappa shape index (κ2) is 9.32. The van der Waals surface area contributed by atoms with E-state index in [0.717, 1.165) is 51.5 Å². The van der Waals surface area contributed by atoms with Crippen molar-refractivity contribution in [3.8, 4) is 0 Å². The molecule has 0 aromatic heterocycles. The van der Waals surface area contributed by atoms with Gasteiger partial charge in [0.2, 0.25) is 18.2 Å². The summed E-state index contributed by atoms with van der Waals surface area (Å²) in [4.78, 5) is 30.9. The smallest absolute Gasteiger partial charge is 0.245 e. The number of rotatable bonds is 6. The highest BCUT2D eigenvalue weighted by Gasteiger charge is 2.58. The molecule has 3 aliphatic heterocycles. The molecule has 2 amide bonds. The monoisotopic (exact) mass is 459 g/mol. The lowest BCUT2D eigenvalue weighted by molar-refractivity contribution is -0.147. The van der Waals surface area contributed by atoms with Crippen molar-refractivity contribution in [2.24, 2.45) is 0 Å². The lowest BCUT2D eigenvalue weighted by Crippen LogP contribution is -2.53. The molecule has 0 radical (unpaired) electrons. The van der Waals surface area contributed by atoms with Crippen molar-refractivity contribution in [1.29, 1.82) is 0 Å². The van der Waals surface area contributed by atoms with Crippen LogP contribution < -0.4 is 5.32 Å². The standard InChI is InChI=1S/C26H35F2N3O2/c27-23(28)11-14-29-20-7-4-8-24(32)31-21(15-20)9-10-22(31)25(33)30-17-19(16-26(30)12-13-26)18-5-2-1-3-6-18/h1-3,5-6,19-23,29H,4,7-17H2/t19-,20+,21-,22+/m1/s1. The van der Waals surface area contributed by atoms with Gasteiger partial charge in [-0.05, 0) is 56.9 Å². The molecule has 1 N–H and O–H groups in total. The molecular formula is C26H35F2N3O2. The SMILES string of the molecule is O=C1CCC[C@H](NCCC(F)F)C[C@H]2CC[C@@H](C(=O)N3C[C@H](c4ccccc4)CC34CC4)N12. The normalized spacial score (nSPS) is 31.1. The molecule has 33 heavy (non-hydrogen) atoms. The summed E-state index contributed by atoms with van der Waals surface area (Å²) in [7, 11) is 0. The third-order valence-electron chi connectivity index (χ3n) is 8.34. The maximum Gasteiger partial charge on any atom is 0.245 e. The average molecular weight is 460 g/mol. The molecule has 3 heterocycles. The minimum absolute atomic E-state index is 0.0131. The maximum absolute atomic E-state index is 13.8. The summed E-state index contributed by atoms with van der Waals surface area (Å²) in [6, 6.07) is 10.2. The number of nitrogens with zero attached hydrogens (tertiary/aromatic N) is 2. The van der Waals surface area contributed by atoms with Gasteiger partial charge in [0.05, 0.1) is 0 Å². The van der Waals surface area contributed by atoms with Crippen LogP contribution in [0.3, 0.4) is 0 Å². The van der Waals surface area contributed by atoms with Crippen LogP contribution in [0.5, 0.6) is 0 Å². The minimum atomic E-state index is -2.30. The Balaban J connectivity index is 1.28. The number of carbonyl (C=O) groups excluding carboxylic acids is 2. The van der Waals surface area contributed by atoms with Crippen molar-refractivity contribution in [3.05, 3.63) is 35.9 Å². The summed E-state index contributed by atoms with van der Waals surface area (Å²) in [6.07, 6.45) is 4.96. The Labute approximate surface area is 194 Å². The van der Waals surface area contributed by atoms with Gasteiger partial charge >= 0.3 is 0 Å². The highest BCUT2D eigenvalue weighted by molar-refractivity contribution is 5.89. The third-order valence-corrected chi connectivity index (χ3v) is 8.34. The van der Waals surface area contributed by atoms with Crippen molar-refractivity contribution in [1.82, 2.24) is 15.1 Å². The van der Waals surface area contributed by atoms with E-state index in [0.29, 0.717) is 25.3 Å². The van der Waals surface area contributed by atoms with Gasteiger partial charge in [-0.1, -0.05) is 30.3 Å². The summed E-state index contributed by atoms with van der Waals surface area (Å²) in [5.74, 6) is 0.580. The predicted molar refractivity (Wildman–Crippen MR) is 122 cm³/mol. The minimum Gasteiger partial charge on any atom is -0.335 e. The topological polar surface area (TPSA) is 52.7 Å². The number of nitrogens with one attached hydrogen (secondary N) is 1. The largest absolute Gasteiger partial charge is 0.335 e. The van der Waals surface area contributed by atoms with E-state index in [1.807, 2.05) is 11.0 Å². The quantitative estimate of drug-likeness (QED) is 0.698. The second-order valence-electron chi connectivity index (χ2n) is 10.5. The number of hydrogen-bond acceptors (Lipinski definition) is 3. The van der Waals surface area contributed by atoms with Crippen LogP contribution >= 0.6 is 0 Å².